The maximum absolute atomic E-state index is 14.8. The molecule has 642 valence electrons. The van der Waals surface area contributed by atoms with Crippen LogP contribution in [0.15, 0.2) is 95.6 Å². The van der Waals surface area contributed by atoms with E-state index in [-0.39, 0.29) is 86.5 Å². The number of carbonyl (C=O) groups is 9. The Hall–Kier alpha value is -7.93. The highest BCUT2D eigenvalue weighted by atomic mass is 16.7. The summed E-state index contributed by atoms with van der Waals surface area (Å²) in [6, 6.07) is 17.2. The van der Waals surface area contributed by atoms with Crippen molar-refractivity contribution in [1.82, 2.24) is 29.4 Å². The smallest absolute Gasteiger partial charge is 0.420 e. The monoisotopic (exact) mass is 1620 g/mol. The molecule has 0 spiro atoms. The Labute approximate surface area is 684 Å². The van der Waals surface area contributed by atoms with Gasteiger partial charge in [-0.05, 0) is 172 Å². The number of imidazole rings is 1. The molecule has 4 aromatic rings. The number of benzene rings is 2. The lowest BCUT2D eigenvalue weighted by Gasteiger charge is -2.47. The van der Waals surface area contributed by atoms with Crippen molar-refractivity contribution < 1.29 is 105 Å². The number of hydrogen-bond donors (Lipinski definition) is 1. The second-order valence-electron chi connectivity index (χ2n) is 33.6. The molecule has 5 aliphatic heterocycles. The molecule has 2 unspecified atom stereocenters. The third-order valence-electron chi connectivity index (χ3n) is 24.7. The average Bonchev–Trinajstić information content (AvgIpc) is 1.56. The Morgan fingerprint density at radius 2 is 1.22 bits per heavy atom. The summed E-state index contributed by atoms with van der Waals surface area (Å²) in [6.45, 7) is 30.2. The minimum Gasteiger partial charge on any atom is -0.457 e. The summed E-state index contributed by atoms with van der Waals surface area (Å²) in [5.74, 6) is -9.43. The second-order valence-corrected chi connectivity index (χ2v) is 33.6. The Morgan fingerprint density at radius 3 is 1.75 bits per heavy atom. The minimum atomic E-state index is -1.57. The molecule has 28 nitrogen and oxygen atoms in total. The molecule has 0 aliphatic carbocycles. The molecule has 28 heteroatoms. The number of aliphatic hydroxyl groups excluding tert-OH is 1. The molecule has 4 fully saturated rings. The first-order chi connectivity index (χ1) is 54.7. The number of aromatic nitrogens is 3. The highest BCUT2D eigenvalue weighted by molar-refractivity contribution is 6.01. The van der Waals surface area contributed by atoms with Crippen molar-refractivity contribution in [3.8, 4) is 11.3 Å². The third kappa shape index (κ3) is 21.0. The Morgan fingerprint density at radius 1 is 0.664 bits per heavy atom. The summed E-state index contributed by atoms with van der Waals surface area (Å²) >= 11 is 0. The number of rotatable bonds is 21. The number of Topliss-reactive ketones (excluding diaryl/α,β-unsaturated/α-hetero) is 4. The number of aryl methyl sites for hydroxylation is 2. The molecule has 4 saturated heterocycles. The lowest BCUT2D eigenvalue weighted by atomic mass is 9.72. The number of amides is 1. The Kier molecular flexibility index (Phi) is 32.4. The number of esters is 3. The zero-order valence-electron chi connectivity index (χ0n) is 72.3. The predicted molar refractivity (Wildman–Crippen MR) is 429 cm³/mol. The van der Waals surface area contributed by atoms with Gasteiger partial charge in [0.1, 0.15) is 53.7 Å². The molecule has 24 atom stereocenters. The van der Waals surface area contributed by atoms with Crippen LogP contribution in [-0.4, -0.2) is 239 Å². The Bertz CT molecular complexity index is 4020. The molecule has 116 heavy (non-hydrogen) atoms. The van der Waals surface area contributed by atoms with Crippen molar-refractivity contribution in [3.05, 3.63) is 108 Å². The van der Waals surface area contributed by atoms with E-state index in [1.54, 1.807) is 96.7 Å². The molecule has 2 aromatic carbocycles. The summed E-state index contributed by atoms with van der Waals surface area (Å²) in [4.78, 5) is 136. The van der Waals surface area contributed by atoms with E-state index in [4.69, 9.17) is 56.6 Å². The van der Waals surface area contributed by atoms with Gasteiger partial charge in [-0.1, -0.05) is 115 Å². The second kappa shape index (κ2) is 40.2. The van der Waals surface area contributed by atoms with Gasteiger partial charge in [-0.2, -0.15) is 0 Å². The number of allylic oxidation sites excluding steroid dienone is 1. The van der Waals surface area contributed by atoms with E-state index >= 15 is 0 Å². The van der Waals surface area contributed by atoms with E-state index in [0.29, 0.717) is 37.7 Å². The van der Waals surface area contributed by atoms with Crippen LogP contribution in [-0.2, 0) is 87.3 Å². The number of cyclic esters (lactones) is 2. The maximum atomic E-state index is 14.8. The standard InChI is InChI=1S/C46H69N3O11.C42H59N3O11/c1-13-36-46(14-2)40(49(44(54)59-46)22-16-15-17-33-24-34(47-60-33)32-20-18-26(3)19-21-32)29(6)37(50)27(4)25-45(9,55-12)41(30(7)38(51)31(8)42(53)57-36)58-43-39(52)35(48(10)11)23-28(5)56-43;1-12-32-42(13-2,56-40(50)45-20-19-43-24-45)23-26(4)33(46)25(3)22-41(8,51-11)36(28(6)34(47)29(7)37(48)53-32)55-39-35(31(44(9)10)21-27(5)52-39)54-38(49)30-17-15-14-16-18-30/h18-21,24,27-31,35-36,39-41,43,52H,13-17,22-23,25H2,1-12H3;14-20,23-25,27-29,31-32,35-36,39H,12-13,21-22H2,1-11H3/b;26-23+/t27-,28-,29+,30+,31-,35+,36-,39-,40-,41-,43?,45+,46-;25-,27-,28+,29-,31+,32-,35-,36-,39?,41+,42+/m11/s1. The summed E-state index contributed by atoms with van der Waals surface area (Å²) in [6.07, 6.45) is -0.708. The zero-order chi connectivity index (χ0) is 85.8. The number of ether oxygens (including phenoxy) is 11. The first kappa shape index (κ1) is 93.6. The van der Waals surface area contributed by atoms with Crippen molar-refractivity contribution >= 4 is 53.2 Å². The van der Waals surface area contributed by atoms with E-state index in [0.717, 1.165) is 27.1 Å². The quantitative estimate of drug-likeness (QED) is 0.0350. The summed E-state index contributed by atoms with van der Waals surface area (Å²) in [5, 5.41) is 15.7. The predicted octanol–water partition coefficient (Wildman–Crippen LogP) is 12.4. The first-order valence-electron chi connectivity index (χ1n) is 41.2. The summed E-state index contributed by atoms with van der Waals surface area (Å²) in [5.41, 5.74) is -2.03. The molecule has 5 aliphatic rings. The highest BCUT2D eigenvalue weighted by Gasteiger charge is 2.62. The van der Waals surface area contributed by atoms with Crippen LogP contribution in [0, 0.1) is 48.3 Å². The van der Waals surface area contributed by atoms with Crippen LogP contribution in [0.1, 0.15) is 197 Å². The topological polar surface area (TPSA) is 329 Å². The highest BCUT2D eigenvalue weighted by Crippen LogP contribution is 2.46. The average molecular weight is 1620 g/mol. The van der Waals surface area contributed by atoms with Crippen molar-refractivity contribution in [2.45, 2.75) is 290 Å². The number of methoxy groups -OCH3 is 2. The van der Waals surface area contributed by atoms with Crippen LogP contribution in [0.4, 0.5) is 9.59 Å². The SMILES string of the molecule is CC[C@H]1OC(=O)[C@H](C)C(=O)[C@H](C)[C@@H](OC2O[C@H](C)C[C@H](N(C)C)[C@H]2O)[C@@](C)(OC)C[C@@H](C)C(=O)[C@H](C)[C@H]2N(CCCCc3cc(-c4ccc(C)cc4)no3)C(=O)O[C@]12CC.CC[C@H]1OC(=O)[C@H](C)C(=O)[C@H](C)[C@@H](OC2O[C@H](C)C[C@H](N(C)C)[C@H]2OC(=O)c2ccccc2)[C@@](C)(OC)C[C@@H](C)C(=O)/C(C)=C/[C@]1(CC)OC(=O)n1ccnc1. The van der Waals surface area contributed by atoms with Crippen LogP contribution in [0.5, 0.6) is 0 Å². The third-order valence-corrected chi connectivity index (χ3v) is 24.7. The van der Waals surface area contributed by atoms with E-state index in [9.17, 15) is 48.3 Å². The summed E-state index contributed by atoms with van der Waals surface area (Å²) < 4.78 is 76.0. The molecule has 1 amide bonds. The lowest BCUT2D eigenvalue weighted by Crippen LogP contribution is -2.61. The fourth-order valence-corrected chi connectivity index (χ4v) is 17.8. The molecule has 2 aromatic heterocycles. The maximum Gasteiger partial charge on any atom is 0.420 e. The number of likely N-dealkylation sites (N-methyl/N-ethyl adjacent to an activating group) is 2. The molecule has 0 bridgehead atoms. The lowest BCUT2D eigenvalue weighted by molar-refractivity contribution is -0.295. The van der Waals surface area contributed by atoms with E-state index in [1.165, 1.54) is 46.8 Å². The van der Waals surface area contributed by atoms with Gasteiger partial charge in [-0.3, -0.25) is 28.8 Å². The van der Waals surface area contributed by atoms with Gasteiger partial charge in [0, 0.05) is 86.8 Å². The van der Waals surface area contributed by atoms with Crippen LogP contribution >= 0.6 is 0 Å². The van der Waals surface area contributed by atoms with E-state index < -0.39 is 161 Å². The van der Waals surface area contributed by atoms with Crippen LogP contribution in [0.3, 0.4) is 0 Å². The van der Waals surface area contributed by atoms with Gasteiger partial charge in [0.15, 0.2) is 47.2 Å². The molecule has 0 radical (unpaired) electrons. The van der Waals surface area contributed by atoms with Crippen LogP contribution < -0.4 is 0 Å². The molecule has 7 heterocycles. The molecule has 1 N–H and O–H groups in total. The van der Waals surface area contributed by atoms with Crippen molar-refractivity contribution in [2.75, 3.05) is 49.0 Å². The number of aliphatic hydroxyl groups is 1. The fraction of sp³-hybridized carbons (Fsp3) is 0.670. The Balaban J connectivity index is 0.000000291. The number of ketones is 4. The molecular weight excluding hydrogens is 1490 g/mol. The van der Waals surface area contributed by atoms with Crippen molar-refractivity contribution in [1.29, 1.82) is 0 Å². The normalized spacial score (nSPS) is 35.2. The van der Waals surface area contributed by atoms with Gasteiger partial charge in [0.05, 0.1) is 53.3 Å². The first-order valence-corrected chi connectivity index (χ1v) is 41.2. The van der Waals surface area contributed by atoms with Gasteiger partial charge >= 0.3 is 30.1 Å². The number of nitrogens with zero attached hydrogens (tertiary/aromatic N) is 6. The zero-order valence-corrected chi connectivity index (χ0v) is 72.3. The van der Waals surface area contributed by atoms with Gasteiger partial charge in [-0.15, -0.1) is 0 Å². The number of fused-ring (bicyclic) bond motifs is 1. The largest absolute Gasteiger partial charge is 0.457 e. The molecule has 9 rings (SSSR count). The van der Waals surface area contributed by atoms with Crippen LogP contribution in [0.25, 0.3) is 11.3 Å². The van der Waals surface area contributed by atoms with Gasteiger partial charge in [-0.25, -0.2) is 23.9 Å². The van der Waals surface area contributed by atoms with E-state index in [1.807, 2.05) is 117 Å². The number of hydrogen-bond acceptors (Lipinski definition) is 26. The number of carbonyl (C=O) groups excluding carboxylic acids is 9. The molecular formula is C88H128N6O22. The van der Waals surface area contributed by atoms with Gasteiger partial charge in [0.25, 0.3) is 0 Å². The van der Waals surface area contributed by atoms with Crippen molar-refractivity contribution in [3.63, 3.8) is 0 Å². The summed E-state index contributed by atoms with van der Waals surface area (Å²) in [7, 11) is 10.5. The minimum absolute atomic E-state index is 0.0770. The van der Waals surface area contributed by atoms with Crippen LogP contribution in [0.2, 0.25) is 0 Å². The van der Waals surface area contributed by atoms with Gasteiger partial charge < -0.3 is 76.4 Å². The fourth-order valence-electron chi connectivity index (χ4n) is 17.8. The molecule has 0 saturated carbocycles. The van der Waals surface area contributed by atoms with E-state index in [2.05, 4.69) is 10.1 Å². The number of unbranched alkanes of at least 4 members (excludes halogenated alkanes) is 1. The van der Waals surface area contributed by atoms with Crippen molar-refractivity contribution in [2.24, 2.45) is 41.4 Å². The van der Waals surface area contributed by atoms with Gasteiger partial charge in [0.2, 0.25) is 0 Å².